The van der Waals surface area contributed by atoms with E-state index in [0.717, 1.165) is 23.8 Å². The van der Waals surface area contributed by atoms with E-state index in [4.69, 9.17) is 5.73 Å². The van der Waals surface area contributed by atoms with Crippen molar-refractivity contribution in [2.75, 3.05) is 0 Å². The molecular formula is C11H11F3N2S. The Morgan fingerprint density at radius 1 is 1.29 bits per heavy atom. The summed E-state index contributed by atoms with van der Waals surface area (Å²) in [4.78, 5) is 3.99. The predicted octanol–water partition coefficient (Wildman–Crippen LogP) is 3.34. The molecule has 1 atom stereocenters. The van der Waals surface area contributed by atoms with Gasteiger partial charge in [-0.1, -0.05) is 6.07 Å². The molecule has 2 nitrogen and oxygen atoms in total. The summed E-state index contributed by atoms with van der Waals surface area (Å²) in [6.07, 6.45) is -4.50. The molecule has 2 N–H and O–H groups in total. The lowest BCUT2D eigenvalue weighted by Gasteiger charge is -2.24. The minimum absolute atomic E-state index is 0.106. The molecule has 1 aromatic carbocycles. The average molecular weight is 260 g/mol. The van der Waals surface area contributed by atoms with Crippen LogP contribution in [0.15, 0.2) is 18.2 Å². The van der Waals surface area contributed by atoms with Gasteiger partial charge in [0.1, 0.15) is 5.01 Å². The minimum atomic E-state index is -4.50. The highest BCUT2D eigenvalue weighted by molar-refractivity contribution is 7.18. The van der Waals surface area contributed by atoms with Gasteiger partial charge in [-0.25, -0.2) is 4.98 Å². The van der Waals surface area contributed by atoms with Crippen LogP contribution in [-0.4, -0.2) is 11.2 Å². The molecule has 0 fully saturated rings. The number of halogens is 3. The van der Waals surface area contributed by atoms with Crippen molar-refractivity contribution < 1.29 is 13.2 Å². The van der Waals surface area contributed by atoms with Crippen LogP contribution < -0.4 is 5.73 Å². The number of aromatic nitrogens is 1. The molecule has 0 spiro atoms. The summed E-state index contributed by atoms with van der Waals surface area (Å²) in [7, 11) is 0. The topological polar surface area (TPSA) is 38.9 Å². The summed E-state index contributed by atoms with van der Waals surface area (Å²) in [5.41, 5.74) is 4.46. The molecule has 0 bridgehead atoms. The first-order valence-electron chi connectivity index (χ1n) is 4.95. The third kappa shape index (κ3) is 2.02. The molecule has 2 rings (SSSR count). The molecule has 92 valence electrons. The van der Waals surface area contributed by atoms with Gasteiger partial charge in [0.2, 0.25) is 0 Å². The van der Waals surface area contributed by atoms with E-state index >= 15 is 0 Å². The van der Waals surface area contributed by atoms with Gasteiger partial charge in [0, 0.05) is 0 Å². The third-order valence-corrected chi connectivity index (χ3v) is 3.85. The van der Waals surface area contributed by atoms with Crippen LogP contribution in [0.5, 0.6) is 0 Å². The normalized spacial score (nSPS) is 16.1. The lowest BCUT2D eigenvalue weighted by Crippen LogP contribution is -2.47. The first kappa shape index (κ1) is 12.3. The molecular weight excluding hydrogens is 249 g/mol. The molecule has 0 aliphatic carbocycles. The van der Waals surface area contributed by atoms with Gasteiger partial charge in [0.25, 0.3) is 0 Å². The maximum atomic E-state index is 12.8. The monoisotopic (exact) mass is 260 g/mol. The first-order chi connectivity index (χ1) is 7.72. The fraction of sp³-hybridized carbons (Fsp3) is 0.364. The Morgan fingerprint density at radius 2 is 1.94 bits per heavy atom. The van der Waals surface area contributed by atoms with Crippen molar-refractivity contribution in [1.29, 1.82) is 0 Å². The van der Waals surface area contributed by atoms with Crippen LogP contribution in [0.2, 0.25) is 0 Å². The standard InChI is InChI=1S/C11H11F3N2S/c1-6-3-4-8-7(5-6)16-9(17-8)10(2,15)11(12,13)14/h3-5H,15H2,1-2H3. The Hall–Kier alpha value is -1.14. The van der Waals surface area contributed by atoms with Gasteiger partial charge in [0.15, 0.2) is 5.54 Å². The van der Waals surface area contributed by atoms with Crippen molar-refractivity contribution in [2.24, 2.45) is 5.73 Å². The molecule has 0 radical (unpaired) electrons. The zero-order valence-corrected chi connectivity index (χ0v) is 10.1. The van der Waals surface area contributed by atoms with Crippen LogP contribution in [0.25, 0.3) is 10.2 Å². The molecule has 0 saturated carbocycles. The highest BCUT2D eigenvalue weighted by atomic mass is 32.1. The lowest BCUT2D eigenvalue weighted by molar-refractivity contribution is -0.184. The molecule has 6 heteroatoms. The van der Waals surface area contributed by atoms with E-state index in [9.17, 15) is 13.2 Å². The SMILES string of the molecule is Cc1ccc2sc(C(C)(N)C(F)(F)F)nc2c1. The maximum absolute atomic E-state index is 12.8. The quantitative estimate of drug-likeness (QED) is 0.854. The van der Waals surface area contributed by atoms with E-state index in [1.807, 2.05) is 13.0 Å². The molecule has 0 aliphatic rings. The maximum Gasteiger partial charge on any atom is 0.412 e. The number of hydrogen-bond donors (Lipinski definition) is 1. The second-order valence-corrected chi connectivity index (χ2v) is 5.22. The van der Waals surface area contributed by atoms with Gasteiger partial charge in [-0.15, -0.1) is 11.3 Å². The van der Waals surface area contributed by atoms with Crippen LogP contribution in [-0.2, 0) is 5.54 Å². The highest BCUT2D eigenvalue weighted by Gasteiger charge is 2.51. The summed E-state index contributed by atoms with van der Waals surface area (Å²) in [5, 5.41) is -0.106. The molecule has 1 heterocycles. The van der Waals surface area contributed by atoms with E-state index in [-0.39, 0.29) is 5.01 Å². The zero-order valence-electron chi connectivity index (χ0n) is 9.30. The predicted molar refractivity (Wildman–Crippen MR) is 62.0 cm³/mol. The van der Waals surface area contributed by atoms with Crippen LogP contribution in [0, 0.1) is 6.92 Å². The van der Waals surface area contributed by atoms with E-state index < -0.39 is 11.7 Å². The summed E-state index contributed by atoms with van der Waals surface area (Å²) >= 11 is 0.984. The Kier molecular flexibility index (Phi) is 2.67. The van der Waals surface area contributed by atoms with Crippen molar-refractivity contribution in [3.05, 3.63) is 28.8 Å². The van der Waals surface area contributed by atoms with E-state index in [1.165, 1.54) is 0 Å². The Morgan fingerprint density at radius 3 is 2.53 bits per heavy atom. The summed E-state index contributed by atoms with van der Waals surface area (Å²) in [5.74, 6) is 0. The summed E-state index contributed by atoms with van der Waals surface area (Å²) in [6, 6.07) is 5.35. The first-order valence-corrected chi connectivity index (χ1v) is 5.77. The number of nitrogens with zero attached hydrogens (tertiary/aromatic N) is 1. The summed E-state index contributed by atoms with van der Waals surface area (Å²) in [6.45, 7) is 2.81. The molecule has 2 aromatic rings. The molecule has 1 aromatic heterocycles. The van der Waals surface area contributed by atoms with E-state index in [0.29, 0.717) is 10.2 Å². The van der Waals surface area contributed by atoms with Crippen LogP contribution in [0.4, 0.5) is 13.2 Å². The Bertz CT molecular complexity index is 557. The smallest absolute Gasteiger partial charge is 0.312 e. The number of fused-ring (bicyclic) bond motifs is 1. The zero-order chi connectivity index (χ0) is 12.8. The second-order valence-electron chi connectivity index (χ2n) is 4.19. The number of alkyl halides is 3. The van der Waals surface area contributed by atoms with Crippen molar-refractivity contribution in [3.63, 3.8) is 0 Å². The van der Waals surface area contributed by atoms with Crippen molar-refractivity contribution >= 4 is 21.6 Å². The Balaban J connectivity index is 2.57. The molecule has 17 heavy (non-hydrogen) atoms. The number of nitrogens with two attached hydrogens (primary N) is 1. The average Bonchev–Trinajstić information content (AvgIpc) is 2.58. The molecule has 0 amide bonds. The van der Waals surface area contributed by atoms with Gasteiger partial charge in [-0.05, 0) is 31.5 Å². The van der Waals surface area contributed by atoms with E-state index in [1.54, 1.807) is 12.1 Å². The van der Waals surface area contributed by atoms with Gasteiger partial charge in [-0.2, -0.15) is 13.2 Å². The fourth-order valence-corrected chi connectivity index (χ4v) is 2.41. The summed E-state index contributed by atoms with van der Waals surface area (Å²) < 4.78 is 39.0. The van der Waals surface area contributed by atoms with Crippen molar-refractivity contribution in [3.8, 4) is 0 Å². The highest BCUT2D eigenvalue weighted by Crippen LogP contribution is 2.39. The van der Waals surface area contributed by atoms with Gasteiger partial charge in [-0.3, -0.25) is 0 Å². The number of rotatable bonds is 1. The third-order valence-electron chi connectivity index (χ3n) is 2.58. The van der Waals surface area contributed by atoms with Crippen LogP contribution >= 0.6 is 11.3 Å². The molecule has 1 unspecified atom stereocenters. The van der Waals surface area contributed by atoms with Gasteiger partial charge < -0.3 is 5.73 Å². The fourth-order valence-electron chi connectivity index (χ4n) is 1.38. The molecule has 0 aliphatic heterocycles. The van der Waals surface area contributed by atoms with Crippen molar-refractivity contribution in [1.82, 2.24) is 4.98 Å². The van der Waals surface area contributed by atoms with Crippen LogP contribution in [0.1, 0.15) is 17.5 Å². The molecule has 0 saturated heterocycles. The number of thiazole rings is 1. The lowest BCUT2D eigenvalue weighted by atomic mass is 10.1. The van der Waals surface area contributed by atoms with Gasteiger partial charge >= 0.3 is 6.18 Å². The van der Waals surface area contributed by atoms with E-state index in [2.05, 4.69) is 4.98 Å². The Labute approximate surface area is 100 Å². The largest absolute Gasteiger partial charge is 0.412 e. The van der Waals surface area contributed by atoms with Crippen LogP contribution in [0.3, 0.4) is 0 Å². The number of aryl methyl sites for hydroxylation is 1. The van der Waals surface area contributed by atoms with Gasteiger partial charge in [0.05, 0.1) is 10.2 Å². The number of hydrogen-bond acceptors (Lipinski definition) is 3. The second kappa shape index (κ2) is 3.68. The number of benzene rings is 1. The minimum Gasteiger partial charge on any atom is -0.312 e. The van der Waals surface area contributed by atoms with Crippen molar-refractivity contribution in [2.45, 2.75) is 25.6 Å².